The van der Waals surface area contributed by atoms with Crippen LogP contribution in [0.25, 0.3) is 0 Å². The molecule has 0 bridgehead atoms. The Morgan fingerprint density at radius 2 is 2.12 bits per heavy atom. The van der Waals surface area contributed by atoms with E-state index in [0.717, 1.165) is 0 Å². The Morgan fingerprint density at radius 3 is 2.56 bits per heavy atom. The molecular weight excluding hydrogens is 225 g/mol. The van der Waals surface area contributed by atoms with Gasteiger partial charge in [0.1, 0.15) is 5.75 Å². The van der Waals surface area contributed by atoms with Crippen LogP contribution in [0.5, 0.6) is 5.75 Å². The quantitative estimate of drug-likeness (QED) is 0.828. The first-order valence-electron chi connectivity index (χ1n) is 4.43. The molecule has 0 aliphatic carbocycles. The van der Waals surface area contributed by atoms with Crippen LogP contribution in [0.15, 0.2) is 6.20 Å². The summed E-state index contributed by atoms with van der Waals surface area (Å²) in [6.45, 7) is 0.814. The topological polar surface area (TPSA) is 68.4 Å². The number of pyridine rings is 1. The largest absolute Gasteiger partial charge is 0.573 e. The molecule has 16 heavy (non-hydrogen) atoms. The molecule has 0 aliphatic rings. The summed E-state index contributed by atoms with van der Waals surface area (Å²) in [5, 5.41) is 8.87. The number of alkyl halides is 3. The summed E-state index contributed by atoms with van der Waals surface area (Å²) in [6.07, 6.45) is -3.62. The van der Waals surface area contributed by atoms with E-state index in [1.54, 1.807) is 0 Å². The highest BCUT2D eigenvalue weighted by molar-refractivity contribution is 5.41. The van der Waals surface area contributed by atoms with Gasteiger partial charge in [-0.3, -0.25) is 4.98 Å². The second-order valence-corrected chi connectivity index (χ2v) is 3.09. The fraction of sp³-hybridized carbons (Fsp3) is 0.444. The standard InChI is InChI=1S/C9H11F3N2O2/c1-5-7(4-15)14-3-6(2-13)8(5)16-9(10,11)12/h3,15H,2,4,13H2,1H3. The first kappa shape index (κ1) is 12.7. The normalized spacial score (nSPS) is 11.6. The van der Waals surface area contributed by atoms with Gasteiger partial charge in [0, 0.05) is 23.9 Å². The lowest BCUT2D eigenvalue weighted by molar-refractivity contribution is -0.275. The van der Waals surface area contributed by atoms with Gasteiger partial charge in [0.25, 0.3) is 0 Å². The highest BCUT2D eigenvalue weighted by atomic mass is 19.4. The molecule has 4 nitrogen and oxygen atoms in total. The first-order chi connectivity index (χ1) is 7.39. The fourth-order valence-corrected chi connectivity index (χ4v) is 1.25. The molecule has 0 spiro atoms. The summed E-state index contributed by atoms with van der Waals surface area (Å²) in [7, 11) is 0. The van der Waals surface area contributed by atoms with E-state index < -0.39 is 13.0 Å². The smallest absolute Gasteiger partial charge is 0.405 e. The Bertz CT molecular complexity index is 380. The van der Waals surface area contributed by atoms with Gasteiger partial charge in [-0.15, -0.1) is 13.2 Å². The van der Waals surface area contributed by atoms with Crippen molar-refractivity contribution in [3.8, 4) is 5.75 Å². The average molecular weight is 236 g/mol. The van der Waals surface area contributed by atoms with Gasteiger partial charge in [-0.25, -0.2) is 0 Å². The predicted octanol–water partition coefficient (Wildman–Crippen LogP) is 1.24. The van der Waals surface area contributed by atoms with Gasteiger partial charge in [-0.05, 0) is 6.92 Å². The van der Waals surface area contributed by atoms with E-state index in [-0.39, 0.29) is 29.1 Å². The van der Waals surface area contributed by atoms with E-state index in [9.17, 15) is 13.2 Å². The Labute approximate surface area is 89.9 Å². The molecular formula is C9H11F3N2O2. The van der Waals surface area contributed by atoms with E-state index in [1.807, 2.05) is 0 Å². The molecule has 1 aromatic heterocycles. The molecule has 0 aromatic carbocycles. The van der Waals surface area contributed by atoms with Gasteiger partial charge in [-0.2, -0.15) is 0 Å². The second kappa shape index (κ2) is 4.67. The number of hydrogen-bond acceptors (Lipinski definition) is 4. The molecule has 0 radical (unpaired) electrons. The minimum absolute atomic E-state index is 0.120. The molecule has 0 aliphatic heterocycles. The SMILES string of the molecule is Cc1c(CO)ncc(CN)c1OC(F)(F)F. The van der Waals surface area contributed by atoms with Crippen molar-refractivity contribution in [3.05, 3.63) is 23.0 Å². The third-order valence-corrected chi connectivity index (χ3v) is 2.03. The number of nitrogens with two attached hydrogens (primary N) is 1. The van der Waals surface area contributed by atoms with Gasteiger partial charge in [0.2, 0.25) is 0 Å². The zero-order chi connectivity index (χ0) is 12.3. The molecule has 0 saturated carbocycles. The van der Waals surface area contributed by atoms with Crippen LogP contribution in [0.2, 0.25) is 0 Å². The summed E-state index contributed by atoms with van der Waals surface area (Å²) >= 11 is 0. The number of aromatic nitrogens is 1. The van der Waals surface area contributed by atoms with E-state index in [1.165, 1.54) is 13.1 Å². The molecule has 3 N–H and O–H groups in total. The third kappa shape index (κ3) is 2.83. The molecule has 1 aromatic rings. The summed E-state index contributed by atoms with van der Waals surface area (Å²) in [5.41, 5.74) is 5.70. The zero-order valence-electron chi connectivity index (χ0n) is 8.51. The van der Waals surface area contributed by atoms with E-state index in [0.29, 0.717) is 0 Å². The van der Waals surface area contributed by atoms with Crippen molar-refractivity contribution in [2.24, 2.45) is 5.73 Å². The van der Waals surface area contributed by atoms with Gasteiger partial charge >= 0.3 is 6.36 Å². The maximum Gasteiger partial charge on any atom is 0.573 e. The van der Waals surface area contributed by atoms with Crippen LogP contribution in [0.3, 0.4) is 0 Å². The highest BCUT2D eigenvalue weighted by Crippen LogP contribution is 2.30. The van der Waals surface area contributed by atoms with E-state index in [2.05, 4.69) is 9.72 Å². The number of nitrogens with zero attached hydrogens (tertiary/aromatic N) is 1. The molecule has 7 heteroatoms. The lowest BCUT2D eigenvalue weighted by Gasteiger charge is -2.16. The van der Waals surface area contributed by atoms with Gasteiger partial charge in [0.15, 0.2) is 0 Å². The minimum Gasteiger partial charge on any atom is -0.405 e. The fourth-order valence-electron chi connectivity index (χ4n) is 1.25. The molecule has 0 atom stereocenters. The molecule has 0 saturated heterocycles. The van der Waals surface area contributed by atoms with Gasteiger partial charge in [-0.1, -0.05) is 0 Å². The van der Waals surface area contributed by atoms with Crippen LogP contribution < -0.4 is 10.5 Å². The van der Waals surface area contributed by atoms with Crippen molar-refractivity contribution in [2.75, 3.05) is 0 Å². The van der Waals surface area contributed by atoms with Crippen LogP contribution in [0.4, 0.5) is 13.2 Å². The monoisotopic (exact) mass is 236 g/mol. The summed E-state index contributed by atoms with van der Waals surface area (Å²) < 4.78 is 40.2. The van der Waals surface area contributed by atoms with Crippen LogP contribution in [-0.4, -0.2) is 16.5 Å². The molecule has 1 rings (SSSR count). The number of rotatable bonds is 3. The lowest BCUT2D eigenvalue weighted by atomic mass is 10.1. The highest BCUT2D eigenvalue weighted by Gasteiger charge is 2.33. The Morgan fingerprint density at radius 1 is 1.50 bits per heavy atom. The zero-order valence-corrected chi connectivity index (χ0v) is 8.51. The van der Waals surface area contributed by atoms with Crippen molar-refractivity contribution >= 4 is 0 Å². The van der Waals surface area contributed by atoms with Crippen molar-refractivity contribution < 1.29 is 23.0 Å². The number of aliphatic hydroxyl groups is 1. The van der Waals surface area contributed by atoms with E-state index >= 15 is 0 Å². The third-order valence-electron chi connectivity index (χ3n) is 2.03. The summed E-state index contributed by atoms with van der Waals surface area (Å²) in [5.74, 6) is -0.381. The average Bonchev–Trinajstić information content (AvgIpc) is 2.19. The van der Waals surface area contributed by atoms with Crippen molar-refractivity contribution in [1.82, 2.24) is 4.98 Å². The number of hydrogen-bond donors (Lipinski definition) is 2. The Kier molecular flexibility index (Phi) is 3.71. The van der Waals surface area contributed by atoms with E-state index in [4.69, 9.17) is 10.8 Å². The Hall–Kier alpha value is -1.34. The van der Waals surface area contributed by atoms with Crippen LogP contribution in [-0.2, 0) is 13.2 Å². The molecule has 0 unspecified atom stereocenters. The first-order valence-corrected chi connectivity index (χ1v) is 4.43. The predicted molar refractivity (Wildman–Crippen MR) is 49.5 cm³/mol. The maximum absolute atomic E-state index is 12.1. The van der Waals surface area contributed by atoms with Crippen LogP contribution >= 0.6 is 0 Å². The van der Waals surface area contributed by atoms with Crippen molar-refractivity contribution in [2.45, 2.75) is 26.4 Å². The number of aliphatic hydroxyl groups excluding tert-OH is 1. The van der Waals surface area contributed by atoms with Crippen molar-refractivity contribution in [3.63, 3.8) is 0 Å². The maximum atomic E-state index is 12.1. The number of ether oxygens (including phenoxy) is 1. The van der Waals surface area contributed by atoms with Crippen molar-refractivity contribution in [1.29, 1.82) is 0 Å². The summed E-state index contributed by atoms with van der Waals surface area (Å²) in [4.78, 5) is 3.78. The molecule has 0 amide bonds. The molecule has 0 fully saturated rings. The van der Waals surface area contributed by atoms with Crippen LogP contribution in [0.1, 0.15) is 16.8 Å². The lowest BCUT2D eigenvalue weighted by Crippen LogP contribution is -2.20. The minimum atomic E-state index is -4.79. The number of halogens is 3. The molecule has 1 heterocycles. The Balaban J connectivity index is 3.21. The second-order valence-electron chi connectivity index (χ2n) is 3.09. The van der Waals surface area contributed by atoms with Gasteiger partial charge in [0.05, 0.1) is 12.3 Å². The summed E-state index contributed by atoms with van der Waals surface area (Å²) in [6, 6.07) is 0. The molecule has 90 valence electrons. The van der Waals surface area contributed by atoms with Gasteiger partial charge < -0.3 is 15.6 Å². The van der Waals surface area contributed by atoms with Crippen LogP contribution in [0, 0.1) is 6.92 Å².